The van der Waals surface area contributed by atoms with Crippen molar-refractivity contribution in [2.24, 2.45) is 0 Å². The summed E-state index contributed by atoms with van der Waals surface area (Å²) in [5, 5.41) is 3.28. The van der Waals surface area contributed by atoms with E-state index in [0.717, 1.165) is 0 Å². The van der Waals surface area contributed by atoms with E-state index in [4.69, 9.17) is 11.6 Å². The molecule has 0 fully saturated rings. The van der Waals surface area contributed by atoms with Gasteiger partial charge in [0.15, 0.2) is 0 Å². The summed E-state index contributed by atoms with van der Waals surface area (Å²) in [5.41, 5.74) is 0.656. The highest BCUT2D eigenvalue weighted by molar-refractivity contribution is 6.33. The van der Waals surface area contributed by atoms with E-state index in [1.807, 2.05) is 25.1 Å². The molecule has 0 spiro atoms. The lowest BCUT2D eigenvalue weighted by Crippen LogP contribution is -2.10. The number of benzene rings is 1. The topological polar surface area (TPSA) is 29.1 Å². The molecule has 0 saturated carbocycles. The summed E-state index contributed by atoms with van der Waals surface area (Å²) in [7, 11) is 0. The Hall–Kier alpha value is -1.28. The van der Waals surface area contributed by atoms with Crippen molar-refractivity contribution >= 4 is 23.2 Å². The van der Waals surface area contributed by atoms with Crippen LogP contribution in [0.5, 0.6) is 0 Å². The van der Waals surface area contributed by atoms with E-state index in [1.165, 1.54) is 0 Å². The summed E-state index contributed by atoms with van der Waals surface area (Å²) >= 11 is 5.87. The molecule has 0 aliphatic rings. The smallest absolute Gasteiger partial charge is 0.228 e. The molecular weight excluding hydrogens is 198 g/mol. The quantitative estimate of drug-likeness (QED) is 0.761. The molecule has 3 heteroatoms. The predicted molar refractivity (Wildman–Crippen MR) is 59.5 cm³/mol. The zero-order chi connectivity index (χ0) is 10.4. The van der Waals surface area contributed by atoms with Gasteiger partial charge in [0.05, 0.1) is 10.7 Å². The fraction of sp³-hybridized carbons (Fsp3) is 0.182. The Kier molecular flexibility index (Phi) is 4.20. The van der Waals surface area contributed by atoms with Crippen molar-refractivity contribution in [3.63, 3.8) is 0 Å². The number of nitrogens with one attached hydrogen (secondary N) is 1. The number of para-hydroxylation sites is 1. The first-order valence-electron chi connectivity index (χ1n) is 4.39. The predicted octanol–water partition coefficient (Wildman–Crippen LogP) is 3.24. The van der Waals surface area contributed by atoms with Crippen LogP contribution in [-0.4, -0.2) is 5.91 Å². The average Bonchev–Trinajstić information content (AvgIpc) is 2.18. The van der Waals surface area contributed by atoms with Crippen LogP contribution in [0.15, 0.2) is 36.4 Å². The summed E-state index contributed by atoms with van der Waals surface area (Å²) in [6.07, 6.45) is 4.01. The number of amides is 1. The molecule has 0 bridgehead atoms. The zero-order valence-electron chi connectivity index (χ0n) is 7.96. The van der Waals surface area contributed by atoms with Crippen LogP contribution in [0.1, 0.15) is 13.3 Å². The fourth-order valence-corrected chi connectivity index (χ4v) is 1.17. The van der Waals surface area contributed by atoms with Crippen molar-refractivity contribution in [1.29, 1.82) is 0 Å². The number of halogens is 1. The Labute approximate surface area is 88.6 Å². The molecule has 0 heterocycles. The van der Waals surface area contributed by atoms with Crippen LogP contribution in [0, 0.1) is 0 Å². The van der Waals surface area contributed by atoms with Gasteiger partial charge in [0.25, 0.3) is 0 Å². The summed E-state index contributed by atoms with van der Waals surface area (Å²) in [5.74, 6) is -0.0591. The molecule has 0 aromatic heterocycles. The number of hydrogen-bond acceptors (Lipinski definition) is 1. The Morgan fingerprint density at radius 1 is 1.50 bits per heavy atom. The minimum absolute atomic E-state index is 0.0591. The summed E-state index contributed by atoms with van der Waals surface area (Å²) in [6, 6.07) is 7.17. The van der Waals surface area contributed by atoms with E-state index in [0.29, 0.717) is 17.1 Å². The van der Waals surface area contributed by atoms with Crippen LogP contribution < -0.4 is 5.32 Å². The fourth-order valence-electron chi connectivity index (χ4n) is 0.989. The van der Waals surface area contributed by atoms with Crippen LogP contribution in [0.2, 0.25) is 5.02 Å². The molecule has 74 valence electrons. The molecule has 0 unspecified atom stereocenters. The molecule has 14 heavy (non-hydrogen) atoms. The first-order valence-corrected chi connectivity index (χ1v) is 4.77. The van der Waals surface area contributed by atoms with E-state index in [9.17, 15) is 4.79 Å². The number of allylic oxidation sites excluding steroid dienone is 1. The molecule has 1 amide bonds. The standard InChI is InChI=1S/C11H12ClNO/c1-2-3-8-11(14)13-10-7-5-4-6-9(10)12/h2-7H,8H2,1H3,(H,13,14)/b3-2+. The van der Waals surface area contributed by atoms with Crippen LogP contribution in [0.25, 0.3) is 0 Å². The number of carbonyl (C=O) groups is 1. The van der Waals surface area contributed by atoms with Crippen molar-refractivity contribution in [3.8, 4) is 0 Å². The van der Waals surface area contributed by atoms with Gasteiger partial charge in [-0.25, -0.2) is 0 Å². The van der Waals surface area contributed by atoms with Crippen molar-refractivity contribution in [2.45, 2.75) is 13.3 Å². The minimum atomic E-state index is -0.0591. The molecular formula is C11H12ClNO. The van der Waals surface area contributed by atoms with Crippen molar-refractivity contribution in [2.75, 3.05) is 5.32 Å². The van der Waals surface area contributed by atoms with Crippen molar-refractivity contribution in [3.05, 3.63) is 41.4 Å². The molecule has 1 aromatic rings. The van der Waals surface area contributed by atoms with Crippen molar-refractivity contribution in [1.82, 2.24) is 0 Å². The molecule has 1 rings (SSSR count). The van der Waals surface area contributed by atoms with Gasteiger partial charge in [-0.05, 0) is 19.1 Å². The third-order valence-corrected chi connectivity index (χ3v) is 2.02. The van der Waals surface area contributed by atoms with Gasteiger partial charge in [0.1, 0.15) is 0 Å². The highest BCUT2D eigenvalue weighted by Crippen LogP contribution is 2.20. The van der Waals surface area contributed by atoms with Gasteiger partial charge in [0.2, 0.25) is 5.91 Å². The normalized spacial score (nSPS) is 10.4. The van der Waals surface area contributed by atoms with E-state index in [1.54, 1.807) is 18.2 Å². The summed E-state index contributed by atoms with van der Waals surface area (Å²) in [6.45, 7) is 1.88. The van der Waals surface area contributed by atoms with Gasteiger partial charge in [-0.3, -0.25) is 4.79 Å². The highest BCUT2D eigenvalue weighted by Gasteiger charge is 2.02. The second-order valence-corrected chi connectivity index (χ2v) is 3.21. The second kappa shape index (κ2) is 5.45. The number of anilines is 1. The first kappa shape index (κ1) is 10.8. The third-order valence-electron chi connectivity index (χ3n) is 1.69. The SMILES string of the molecule is C/C=C/CC(=O)Nc1ccccc1Cl. The Morgan fingerprint density at radius 2 is 2.21 bits per heavy atom. The lowest BCUT2D eigenvalue weighted by atomic mass is 10.3. The van der Waals surface area contributed by atoms with E-state index in [2.05, 4.69) is 5.32 Å². The van der Waals surface area contributed by atoms with E-state index >= 15 is 0 Å². The molecule has 1 N–H and O–H groups in total. The molecule has 1 aromatic carbocycles. The van der Waals surface area contributed by atoms with E-state index < -0.39 is 0 Å². The third kappa shape index (κ3) is 3.23. The number of rotatable bonds is 3. The van der Waals surface area contributed by atoms with Gasteiger partial charge in [-0.15, -0.1) is 0 Å². The summed E-state index contributed by atoms with van der Waals surface area (Å²) < 4.78 is 0. The van der Waals surface area contributed by atoms with Gasteiger partial charge in [-0.2, -0.15) is 0 Å². The largest absolute Gasteiger partial charge is 0.324 e. The van der Waals surface area contributed by atoms with Crippen molar-refractivity contribution < 1.29 is 4.79 Å². The average molecular weight is 210 g/mol. The Balaban J connectivity index is 2.60. The van der Waals surface area contributed by atoms with Crippen LogP contribution in [0.4, 0.5) is 5.69 Å². The monoisotopic (exact) mass is 209 g/mol. The molecule has 2 nitrogen and oxygen atoms in total. The second-order valence-electron chi connectivity index (χ2n) is 2.80. The summed E-state index contributed by atoms with van der Waals surface area (Å²) in [4.78, 5) is 11.3. The zero-order valence-corrected chi connectivity index (χ0v) is 8.71. The number of carbonyl (C=O) groups excluding carboxylic acids is 1. The van der Waals surface area contributed by atoms with E-state index in [-0.39, 0.29) is 5.91 Å². The Morgan fingerprint density at radius 3 is 2.86 bits per heavy atom. The highest BCUT2D eigenvalue weighted by atomic mass is 35.5. The number of hydrogen-bond donors (Lipinski definition) is 1. The first-order chi connectivity index (χ1) is 6.74. The molecule has 0 saturated heterocycles. The van der Waals surface area contributed by atoms with Gasteiger partial charge in [-0.1, -0.05) is 35.9 Å². The molecule has 0 aliphatic heterocycles. The molecule has 0 atom stereocenters. The Bertz CT molecular complexity index is 347. The maximum absolute atomic E-state index is 11.3. The van der Waals surface area contributed by atoms with Gasteiger partial charge >= 0.3 is 0 Å². The molecule has 0 aliphatic carbocycles. The van der Waals surface area contributed by atoms with Gasteiger partial charge < -0.3 is 5.32 Å². The lowest BCUT2D eigenvalue weighted by molar-refractivity contribution is -0.115. The van der Waals surface area contributed by atoms with Crippen LogP contribution in [-0.2, 0) is 4.79 Å². The van der Waals surface area contributed by atoms with Gasteiger partial charge in [0, 0.05) is 6.42 Å². The molecule has 0 radical (unpaired) electrons. The minimum Gasteiger partial charge on any atom is -0.324 e. The van der Waals surface area contributed by atoms with Crippen LogP contribution >= 0.6 is 11.6 Å². The van der Waals surface area contributed by atoms with Crippen LogP contribution in [0.3, 0.4) is 0 Å². The maximum Gasteiger partial charge on any atom is 0.228 e. The lowest BCUT2D eigenvalue weighted by Gasteiger charge is -2.04. The maximum atomic E-state index is 11.3.